The van der Waals surface area contributed by atoms with Crippen LogP contribution in [0.15, 0.2) is 58.3 Å². The second-order valence-electron chi connectivity index (χ2n) is 6.06. The Labute approximate surface area is 162 Å². The molecule has 2 aromatic carbocycles. The monoisotopic (exact) mass is 408 g/mol. The molecular formula is C18H20N2O5S2. The summed E-state index contributed by atoms with van der Waals surface area (Å²) >= 11 is 1.30. The fourth-order valence-corrected chi connectivity index (χ4v) is 3.80. The number of hydrogen-bond acceptors (Lipinski definition) is 6. The molecule has 2 rings (SSSR count). The molecule has 0 saturated carbocycles. The van der Waals surface area contributed by atoms with E-state index in [1.54, 1.807) is 36.2 Å². The SMILES string of the molecule is CC(c1ccc(S(C)(=O)=O)cc1)N(C)C(=O)CSc1ccc([N+](=O)[O-])cc1. The van der Waals surface area contributed by atoms with Gasteiger partial charge in [-0.15, -0.1) is 11.8 Å². The molecule has 1 amide bonds. The van der Waals surface area contributed by atoms with Gasteiger partial charge < -0.3 is 4.90 Å². The molecule has 0 fully saturated rings. The number of sulfone groups is 1. The van der Waals surface area contributed by atoms with Gasteiger partial charge in [0.1, 0.15) is 0 Å². The van der Waals surface area contributed by atoms with Gasteiger partial charge >= 0.3 is 0 Å². The van der Waals surface area contributed by atoms with Crippen molar-refractivity contribution >= 4 is 33.2 Å². The van der Waals surface area contributed by atoms with Gasteiger partial charge in [-0.2, -0.15) is 0 Å². The number of thioether (sulfide) groups is 1. The van der Waals surface area contributed by atoms with Crippen molar-refractivity contribution in [3.8, 4) is 0 Å². The van der Waals surface area contributed by atoms with Crippen molar-refractivity contribution in [2.24, 2.45) is 0 Å². The third-order valence-corrected chi connectivity index (χ3v) is 6.30. The number of nitro groups is 1. The van der Waals surface area contributed by atoms with E-state index in [1.165, 1.54) is 36.0 Å². The largest absolute Gasteiger partial charge is 0.338 e. The zero-order valence-corrected chi connectivity index (χ0v) is 16.8. The number of non-ortho nitro benzene ring substituents is 1. The van der Waals surface area contributed by atoms with E-state index in [0.717, 1.165) is 16.7 Å². The smallest absolute Gasteiger partial charge is 0.269 e. The number of nitro benzene ring substituents is 1. The minimum absolute atomic E-state index is 0.00829. The van der Waals surface area contributed by atoms with Crippen LogP contribution in [0, 0.1) is 10.1 Å². The summed E-state index contributed by atoms with van der Waals surface area (Å²) in [6, 6.07) is 12.3. The van der Waals surface area contributed by atoms with Crippen LogP contribution in [0.2, 0.25) is 0 Å². The van der Waals surface area contributed by atoms with Crippen molar-refractivity contribution in [2.45, 2.75) is 22.8 Å². The van der Waals surface area contributed by atoms with Crippen LogP contribution in [0.25, 0.3) is 0 Å². The maximum absolute atomic E-state index is 12.4. The summed E-state index contributed by atoms with van der Waals surface area (Å²) in [7, 11) is -1.57. The molecule has 0 spiro atoms. The number of hydrogen-bond donors (Lipinski definition) is 0. The van der Waals surface area contributed by atoms with E-state index in [4.69, 9.17) is 0 Å². The molecule has 0 aromatic heterocycles. The van der Waals surface area contributed by atoms with Gasteiger partial charge in [-0.25, -0.2) is 8.42 Å². The number of rotatable bonds is 7. The van der Waals surface area contributed by atoms with Gasteiger partial charge in [0.25, 0.3) is 5.69 Å². The molecule has 1 atom stereocenters. The van der Waals surface area contributed by atoms with Gasteiger partial charge in [-0.3, -0.25) is 14.9 Å². The van der Waals surface area contributed by atoms with Gasteiger partial charge in [-0.1, -0.05) is 12.1 Å². The zero-order valence-electron chi connectivity index (χ0n) is 15.2. The van der Waals surface area contributed by atoms with Crippen molar-refractivity contribution < 1.29 is 18.1 Å². The third-order valence-electron chi connectivity index (χ3n) is 4.17. The number of benzene rings is 2. The van der Waals surface area contributed by atoms with E-state index in [2.05, 4.69) is 0 Å². The normalized spacial score (nSPS) is 12.4. The van der Waals surface area contributed by atoms with Crippen LogP contribution < -0.4 is 0 Å². The highest BCUT2D eigenvalue weighted by atomic mass is 32.2. The number of carbonyl (C=O) groups excluding carboxylic acids is 1. The second-order valence-corrected chi connectivity index (χ2v) is 9.13. The van der Waals surface area contributed by atoms with Crippen molar-refractivity contribution in [3.05, 3.63) is 64.2 Å². The van der Waals surface area contributed by atoms with Gasteiger partial charge in [-0.05, 0) is 36.8 Å². The summed E-state index contributed by atoms with van der Waals surface area (Å²) in [5.41, 5.74) is 0.840. The summed E-state index contributed by atoms with van der Waals surface area (Å²) in [4.78, 5) is 25.2. The van der Waals surface area contributed by atoms with Crippen LogP contribution >= 0.6 is 11.8 Å². The van der Waals surface area contributed by atoms with Gasteiger partial charge in [0.2, 0.25) is 5.91 Å². The Balaban J connectivity index is 1.98. The lowest BCUT2D eigenvalue weighted by Crippen LogP contribution is -2.31. The summed E-state index contributed by atoms with van der Waals surface area (Å²) in [5, 5.41) is 10.7. The van der Waals surface area contributed by atoms with Crippen LogP contribution in [0.3, 0.4) is 0 Å². The van der Waals surface area contributed by atoms with Crippen molar-refractivity contribution in [3.63, 3.8) is 0 Å². The minimum Gasteiger partial charge on any atom is -0.338 e. The molecule has 0 radical (unpaired) electrons. The average Bonchev–Trinajstić information content (AvgIpc) is 2.64. The van der Waals surface area contributed by atoms with Gasteiger partial charge in [0, 0.05) is 30.3 Å². The molecule has 0 N–H and O–H groups in total. The predicted molar refractivity (Wildman–Crippen MR) is 105 cm³/mol. The number of carbonyl (C=O) groups is 1. The highest BCUT2D eigenvalue weighted by Gasteiger charge is 2.18. The van der Waals surface area contributed by atoms with Crippen LogP contribution in [0.4, 0.5) is 5.69 Å². The quantitative estimate of drug-likeness (QED) is 0.396. The Morgan fingerprint density at radius 3 is 2.19 bits per heavy atom. The highest BCUT2D eigenvalue weighted by molar-refractivity contribution is 8.00. The molecule has 0 heterocycles. The lowest BCUT2D eigenvalue weighted by atomic mass is 10.1. The first-order valence-electron chi connectivity index (χ1n) is 8.02. The third kappa shape index (κ3) is 5.54. The topological polar surface area (TPSA) is 97.6 Å². The standard InChI is InChI=1S/C18H20N2O5S2/c1-13(14-4-10-17(11-5-14)27(3,24)25)19(2)18(21)12-26-16-8-6-15(7-9-16)20(22)23/h4-11,13H,12H2,1-3H3. The van der Waals surface area contributed by atoms with Crippen LogP contribution in [-0.4, -0.2) is 43.2 Å². The first-order chi connectivity index (χ1) is 12.6. The van der Waals surface area contributed by atoms with E-state index in [9.17, 15) is 23.3 Å². The molecule has 0 aliphatic heterocycles. The molecule has 1 unspecified atom stereocenters. The summed E-state index contributed by atoms with van der Waals surface area (Å²) in [5.74, 6) is 0.0955. The molecule has 0 aliphatic carbocycles. The zero-order chi connectivity index (χ0) is 20.2. The lowest BCUT2D eigenvalue weighted by Gasteiger charge is -2.25. The predicted octanol–water partition coefficient (Wildman–Crippen LogP) is 3.31. The molecule has 9 heteroatoms. The Morgan fingerprint density at radius 2 is 1.70 bits per heavy atom. The first-order valence-corrected chi connectivity index (χ1v) is 10.9. The second kappa shape index (κ2) is 8.53. The van der Waals surface area contributed by atoms with Crippen molar-refractivity contribution in [1.29, 1.82) is 0 Å². The molecule has 0 aliphatic rings. The molecule has 7 nitrogen and oxygen atoms in total. The summed E-state index contributed by atoms with van der Waals surface area (Å²) < 4.78 is 23.1. The van der Waals surface area contributed by atoms with Crippen molar-refractivity contribution in [2.75, 3.05) is 19.1 Å². The Kier molecular flexibility index (Phi) is 6.61. The van der Waals surface area contributed by atoms with E-state index < -0.39 is 14.8 Å². The molecule has 144 valence electrons. The molecular weight excluding hydrogens is 388 g/mol. The van der Waals surface area contributed by atoms with Crippen molar-refractivity contribution in [1.82, 2.24) is 4.90 Å². The fraction of sp³-hybridized carbons (Fsp3) is 0.278. The minimum atomic E-state index is -3.26. The maximum atomic E-state index is 12.4. The van der Waals surface area contributed by atoms with Gasteiger partial charge in [0.15, 0.2) is 9.84 Å². The van der Waals surface area contributed by atoms with E-state index >= 15 is 0 Å². The van der Waals surface area contributed by atoms with Crippen LogP contribution in [0.5, 0.6) is 0 Å². The first kappa shape index (κ1) is 20.9. The molecule has 27 heavy (non-hydrogen) atoms. The summed E-state index contributed by atoms with van der Waals surface area (Å²) in [6.45, 7) is 1.86. The number of nitrogens with zero attached hydrogens (tertiary/aromatic N) is 2. The number of amides is 1. The fourth-order valence-electron chi connectivity index (χ4n) is 2.34. The molecule has 0 bridgehead atoms. The maximum Gasteiger partial charge on any atom is 0.269 e. The van der Waals surface area contributed by atoms with E-state index in [-0.39, 0.29) is 28.3 Å². The molecule has 2 aromatic rings. The average molecular weight is 409 g/mol. The van der Waals surface area contributed by atoms with E-state index in [0.29, 0.717) is 0 Å². The van der Waals surface area contributed by atoms with Gasteiger partial charge in [0.05, 0.1) is 21.6 Å². The Morgan fingerprint density at radius 1 is 1.15 bits per heavy atom. The van der Waals surface area contributed by atoms with Crippen LogP contribution in [0.1, 0.15) is 18.5 Å². The Hall–Kier alpha value is -2.39. The Bertz CT molecular complexity index is 925. The van der Waals surface area contributed by atoms with E-state index in [1.807, 2.05) is 6.92 Å². The van der Waals surface area contributed by atoms with Crippen LogP contribution in [-0.2, 0) is 14.6 Å². The molecule has 0 saturated heterocycles. The summed E-state index contributed by atoms with van der Waals surface area (Å²) in [6.07, 6.45) is 1.15. The lowest BCUT2D eigenvalue weighted by molar-refractivity contribution is -0.384. The highest BCUT2D eigenvalue weighted by Crippen LogP contribution is 2.24.